The molecule has 166 valence electrons. The van der Waals surface area contributed by atoms with Crippen LogP contribution in [0.2, 0.25) is 0 Å². The lowest BCUT2D eigenvalue weighted by atomic mass is 9.76. The van der Waals surface area contributed by atoms with E-state index in [4.69, 9.17) is 15.2 Å². The molecule has 3 aliphatic rings. The number of hydrogen-bond donors (Lipinski definition) is 2. The van der Waals surface area contributed by atoms with Crippen LogP contribution in [-0.4, -0.2) is 54.6 Å². The zero-order chi connectivity index (χ0) is 22.0. The van der Waals surface area contributed by atoms with Gasteiger partial charge in [0.2, 0.25) is 0 Å². The Morgan fingerprint density at radius 1 is 1.29 bits per heavy atom. The van der Waals surface area contributed by atoms with E-state index < -0.39 is 17.3 Å². The second kappa shape index (κ2) is 7.20. The second-order valence-electron chi connectivity index (χ2n) is 8.92. The number of methoxy groups -OCH3 is 1. The Morgan fingerprint density at radius 2 is 2.03 bits per heavy atom. The maximum Gasteiger partial charge on any atom is 0.341 e. The Kier molecular flexibility index (Phi) is 4.71. The number of nitrogens with zero attached hydrogens (tertiary/aromatic N) is 2. The van der Waals surface area contributed by atoms with Crippen LogP contribution in [0.5, 0.6) is 5.75 Å². The van der Waals surface area contributed by atoms with Crippen LogP contribution < -0.4 is 20.9 Å². The number of fused-ring (bicyclic) bond motifs is 1. The van der Waals surface area contributed by atoms with E-state index in [1.807, 2.05) is 4.90 Å². The first-order valence-corrected chi connectivity index (χ1v) is 10.6. The highest BCUT2D eigenvalue weighted by Crippen LogP contribution is 2.46. The third kappa shape index (κ3) is 2.94. The molecular weight excluding hydrogens is 405 g/mol. The van der Waals surface area contributed by atoms with Crippen LogP contribution >= 0.6 is 0 Å². The number of aromatic nitrogens is 1. The lowest BCUT2D eigenvalue weighted by Gasteiger charge is -2.35. The van der Waals surface area contributed by atoms with Gasteiger partial charge < -0.3 is 25.2 Å². The highest BCUT2D eigenvalue weighted by molar-refractivity contribution is 5.97. The van der Waals surface area contributed by atoms with Gasteiger partial charge in [-0.1, -0.05) is 0 Å². The monoisotopic (exact) mass is 431 g/mol. The summed E-state index contributed by atoms with van der Waals surface area (Å²) in [5.41, 5.74) is 6.16. The van der Waals surface area contributed by atoms with E-state index in [1.54, 1.807) is 14.0 Å². The molecule has 8 nitrogen and oxygen atoms in total. The van der Waals surface area contributed by atoms with Gasteiger partial charge in [0.25, 0.3) is 5.56 Å². The Hall–Kier alpha value is -2.65. The lowest BCUT2D eigenvalue weighted by Crippen LogP contribution is -2.45. The van der Waals surface area contributed by atoms with Gasteiger partial charge in [0, 0.05) is 37.5 Å². The van der Waals surface area contributed by atoms with Crippen molar-refractivity contribution in [1.29, 1.82) is 0 Å². The van der Waals surface area contributed by atoms with Crippen molar-refractivity contribution in [2.75, 3.05) is 31.7 Å². The number of anilines is 1. The molecule has 5 atom stereocenters. The molecule has 1 aromatic carbocycles. The molecule has 0 amide bonds. The normalized spacial score (nSPS) is 29.7. The van der Waals surface area contributed by atoms with Gasteiger partial charge in [-0.25, -0.2) is 9.18 Å². The topological polar surface area (TPSA) is 107 Å². The van der Waals surface area contributed by atoms with Crippen LogP contribution in [0.15, 0.2) is 16.9 Å². The number of carboxylic acids is 1. The summed E-state index contributed by atoms with van der Waals surface area (Å²) in [6, 6.07) is 2.19. The molecule has 1 aromatic heterocycles. The number of nitrogens with two attached hydrogens (primary N) is 1. The first-order valence-electron chi connectivity index (χ1n) is 10.6. The molecular formula is C22H26FN3O5. The van der Waals surface area contributed by atoms with E-state index in [0.717, 1.165) is 12.8 Å². The number of rotatable bonds is 3. The van der Waals surface area contributed by atoms with Gasteiger partial charge in [-0.2, -0.15) is 0 Å². The summed E-state index contributed by atoms with van der Waals surface area (Å²) < 4.78 is 28.5. The molecule has 0 spiro atoms. The van der Waals surface area contributed by atoms with Crippen molar-refractivity contribution in [3.63, 3.8) is 0 Å². The Balaban J connectivity index is 1.68. The van der Waals surface area contributed by atoms with Crippen LogP contribution in [0.4, 0.5) is 10.1 Å². The number of pyridine rings is 1. The molecule has 5 rings (SSSR count). The van der Waals surface area contributed by atoms with E-state index in [0.29, 0.717) is 35.4 Å². The molecule has 3 heterocycles. The average molecular weight is 431 g/mol. The Morgan fingerprint density at radius 3 is 2.74 bits per heavy atom. The second-order valence-corrected chi connectivity index (χ2v) is 8.92. The van der Waals surface area contributed by atoms with Gasteiger partial charge in [-0.05, 0) is 37.8 Å². The SMILES string of the molecule is CO[C@@H]1CC[C@@H](N)[C@H]2CN(c3c(F)cc4cc(C(=O)O)c(=O)n5c4c3OC[C@@H]5C)C[C@H]21. The zero-order valence-electron chi connectivity index (χ0n) is 17.5. The van der Waals surface area contributed by atoms with Crippen LogP contribution in [-0.2, 0) is 4.74 Å². The number of benzene rings is 1. The molecule has 9 heteroatoms. The van der Waals surface area contributed by atoms with Crippen LogP contribution in [0, 0.1) is 17.7 Å². The molecule has 1 saturated heterocycles. The van der Waals surface area contributed by atoms with Crippen molar-refractivity contribution in [2.24, 2.45) is 17.6 Å². The molecule has 2 aliphatic heterocycles. The first-order chi connectivity index (χ1) is 14.8. The van der Waals surface area contributed by atoms with Crippen LogP contribution in [0.3, 0.4) is 0 Å². The standard InChI is InChI=1S/C22H26FN3O5/c1-10-9-31-20-18-11(5-12(22(28)29)21(27)26(10)18)6-15(23)19(20)25-7-13-14(8-25)17(30-2)4-3-16(13)24/h5-6,10,13-14,16-17H,3-4,7-9,24H2,1-2H3,(H,28,29)/t10-,13-,14+,16+,17+/m0/s1. The third-order valence-corrected chi connectivity index (χ3v) is 7.19. The molecule has 2 fully saturated rings. The molecule has 3 N–H and O–H groups in total. The largest absolute Gasteiger partial charge is 0.487 e. The fourth-order valence-electron chi connectivity index (χ4n) is 5.68. The van der Waals surface area contributed by atoms with Gasteiger partial charge in [0.1, 0.15) is 17.9 Å². The number of halogens is 1. The number of ether oxygens (including phenoxy) is 2. The highest BCUT2D eigenvalue weighted by atomic mass is 19.1. The number of aromatic carboxylic acids is 1. The smallest absolute Gasteiger partial charge is 0.341 e. The van der Waals surface area contributed by atoms with Gasteiger partial charge in [0.05, 0.1) is 17.7 Å². The van der Waals surface area contributed by atoms with Gasteiger partial charge in [-0.15, -0.1) is 0 Å². The van der Waals surface area contributed by atoms with Crippen molar-refractivity contribution in [3.8, 4) is 5.75 Å². The third-order valence-electron chi connectivity index (χ3n) is 7.19. The molecule has 0 radical (unpaired) electrons. The van der Waals surface area contributed by atoms with Crippen LogP contribution in [0.25, 0.3) is 10.9 Å². The average Bonchev–Trinajstić information content (AvgIpc) is 3.17. The summed E-state index contributed by atoms with van der Waals surface area (Å²) in [4.78, 5) is 26.4. The minimum Gasteiger partial charge on any atom is -0.487 e. The summed E-state index contributed by atoms with van der Waals surface area (Å²) in [6.07, 6.45) is 1.82. The number of hydrogen-bond acceptors (Lipinski definition) is 6. The molecule has 1 saturated carbocycles. The fourth-order valence-corrected chi connectivity index (χ4v) is 5.68. The predicted molar refractivity (Wildman–Crippen MR) is 113 cm³/mol. The number of carboxylic acid groups (broad SMARTS) is 1. The van der Waals surface area contributed by atoms with Crippen molar-refractivity contribution < 1.29 is 23.8 Å². The van der Waals surface area contributed by atoms with Crippen molar-refractivity contribution >= 4 is 22.6 Å². The van der Waals surface area contributed by atoms with Crippen molar-refractivity contribution in [3.05, 3.63) is 33.9 Å². The lowest BCUT2D eigenvalue weighted by molar-refractivity contribution is 0.00725. The molecule has 31 heavy (non-hydrogen) atoms. The van der Waals surface area contributed by atoms with Gasteiger partial charge in [0.15, 0.2) is 11.6 Å². The van der Waals surface area contributed by atoms with Crippen molar-refractivity contribution in [1.82, 2.24) is 4.57 Å². The van der Waals surface area contributed by atoms with Crippen molar-refractivity contribution in [2.45, 2.75) is 38.0 Å². The predicted octanol–water partition coefficient (Wildman–Crippen LogP) is 1.98. The quantitative estimate of drug-likeness (QED) is 0.765. The maximum absolute atomic E-state index is 15.4. The molecule has 2 aromatic rings. The van der Waals surface area contributed by atoms with E-state index in [1.165, 1.54) is 16.7 Å². The summed E-state index contributed by atoms with van der Waals surface area (Å²) in [5.74, 6) is -1.16. The maximum atomic E-state index is 15.4. The fraction of sp³-hybridized carbons (Fsp3) is 0.545. The summed E-state index contributed by atoms with van der Waals surface area (Å²) in [6.45, 7) is 3.10. The summed E-state index contributed by atoms with van der Waals surface area (Å²) in [7, 11) is 1.70. The highest BCUT2D eigenvalue weighted by Gasteiger charge is 2.46. The first kappa shape index (κ1) is 20.3. The minimum atomic E-state index is -1.33. The van der Waals surface area contributed by atoms with Gasteiger partial charge in [-0.3, -0.25) is 9.36 Å². The molecule has 1 aliphatic carbocycles. The van der Waals surface area contributed by atoms with E-state index in [2.05, 4.69) is 0 Å². The molecule has 0 unspecified atom stereocenters. The van der Waals surface area contributed by atoms with E-state index in [9.17, 15) is 14.7 Å². The summed E-state index contributed by atoms with van der Waals surface area (Å²) >= 11 is 0. The Bertz CT molecular complexity index is 1130. The number of carbonyl (C=O) groups is 1. The van der Waals surface area contributed by atoms with E-state index in [-0.39, 0.29) is 42.2 Å². The minimum absolute atomic E-state index is 0.0264. The summed E-state index contributed by atoms with van der Waals surface area (Å²) in [5, 5.41) is 9.77. The van der Waals surface area contributed by atoms with Crippen LogP contribution in [0.1, 0.15) is 36.2 Å². The molecule has 0 bridgehead atoms. The Labute approximate surface area is 178 Å². The van der Waals surface area contributed by atoms with Gasteiger partial charge >= 0.3 is 5.97 Å². The van der Waals surface area contributed by atoms with E-state index >= 15 is 4.39 Å². The zero-order valence-corrected chi connectivity index (χ0v) is 17.5.